The molecule has 1 aromatic carbocycles. The lowest BCUT2D eigenvalue weighted by molar-refractivity contribution is 0.0908. The molecular formula is C19H20O4S. The molecule has 8 atom stereocenters. The fourth-order valence-corrected chi connectivity index (χ4v) is 6.58. The number of aliphatic hydroxyl groups is 1. The van der Waals surface area contributed by atoms with Gasteiger partial charge in [0.1, 0.15) is 0 Å². The standard InChI is InChI=1S/C19H20O4S/c1-10-2-4-11(5-3-10)24(21,22)23-19-14-8-6-12-16(14)17-13(18(12)20)7-9-15(17)19/h2-9,12-20H,1H3/t12-,13-,14+,15+,16-,17+,18?,19?/m0/s1. The zero-order valence-corrected chi connectivity index (χ0v) is 14.1. The van der Waals surface area contributed by atoms with Gasteiger partial charge in [-0.25, -0.2) is 0 Å². The molecule has 1 aromatic rings. The van der Waals surface area contributed by atoms with Crippen LogP contribution in [0.2, 0.25) is 0 Å². The Bertz CT molecular complexity index is 807. The lowest BCUT2D eigenvalue weighted by Crippen LogP contribution is -2.29. The van der Waals surface area contributed by atoms with E-state index >= 15 is 0 Å². The molecule has 0 spiro atoms. The summed E-state index contributed by atoms with van der Waals surface area (Å²) in [5, 5.41) is 10.5. The summed E-state index contributed by atoms with van der Waals surface area (Å²) in [5.74, 6) is 1.07. The van der Waals surface area contributed by atoms with Crippen LogP contribution in [0.3, 0.4) is 0 Å². The Morgan fingerprint density at radius 2 is 1.38 bits per heavy atom. The first kappa shape index (κ1) is 14.9. The molecule has 0 amide bonds. The highest BCUT2D eigenvalue weighted by Crippen LogP contribution is 2.64. The molecular weight excluding hydrogens is 324 g/mol. The van der Waals surface area contributed by atoms with E-state index in [1.54, 1.807) is 24.3 Å². The summed E-state index contributed by atoms with van der Waals surface area (Å²) in [5.41, 5.74) is 1.02. The van der Waals surface area contributed by atoms with Crippen molar-refractivity contribution in [3.8, 4) is 0 Å². The van der Waals surface area contributed by atoms with Crippen molar-refractivity contribution in [1.29, 1.82) is 0 Å². The zero-order chi connectivity index (χ0) is 16.6. The summed E-state index contributed by atoms with van der Waals surface area (Å²) in [4.78, 5) is 0.210. The van der Waals surface area contributed by atoms with Crippen molar-refractivity contribution >= 4 is 10.1 Å². The predicted molar refractivity (Wildman–Crippen MR) is 88.5 cm³/mol. The Labute approximate surface area is 142 Å². The molecule has 0 heterocycles. The smallest absolute Gasteiger partial charge is 0.297 e. The van der Waals surface area contributed by atoms with Gasteiger partial charge in [0.15, 0.2) is 0 Å². The largest absolute Gasteiger partial charge is 0.392 e. The van der Waals surface area contributed by atoms with Crippen molar-refractivity contribution < 1.29 is 17.7 Å². The first-order chi connectivity index (χ1) is 11.5. The third-order valence-corrected chi connectivity index (χ3v) is 7.75. The highest BCUT2D eigenvalue weighted by molar-refractivity contribution is 7.86. The van der Waals surface area contributed by atoms with Crippen LogP contribution >= 0.6 is 0 Å². The molecule has 5 heteroatoms. The second-order valence-electron chi connectivity index (χ2n) is 7.55. The van der Waals surface area contributed by atoms with Gasteiger partial charge in [0.25, 0.3) is 10.1 Å². The van der Waals surface area contributed by atoms with Gasteiger partial charge in [-0.1, -0.05) is 42.0 Å². The van der Waals surface area contributed by atoms with Gasteiger partial charge in [0.2, 0.25) is 0 Å². The van der Waals surface area contributed by atoms with Gasteiger partial charge in [-0.2, -0.15) is 8.42 Å². The molecule has 0 saturated heterocycles. The third-order valence-electron chi connectivity index (χ3n) is 6.43. The number of rotatable bonds is 3. The van der Waals surface area contributed by atoms with E-state index in [4.69, 9.17) is 4.18 Å². The van der Waals surface area contributed by atoms with Gasteiger partial charge >= 0.3 is 0 Å². The van der Waals surface area contributed by atoms with Crippen molar-refractivity contribution in [3.63, 3.8) is 0 Å². The minimum absolute atomic E-state index is 0.0785. The lowest BCUT2D eigenvalue weighted by atomic mass is 9.88. The molecule has 2 unspecified atom stereocenters. The molecule has 0 radical (unpaired) electrons. The molecule has 126 valence electrons. The molecule has 0 aromatic heterocycles. The van der Waals surface area contributed by atoms with E-state index in [0.717, 1.165) is 5.56 Å². The summed E-state index contributed by atoms with van der Waals surface area (Å²) in [6.45, 7) is 1.92. The number of aryl methyl sites for hydroxylation is 1. The van der Waals surface area contributed by atoms with Gasteiger partial charge in [-0.3, -0.25) is 4.18 Å². The van der Waals surface area contributed by atoms with E-state index in [9.17, 15) is 13.5 Å². The van der Waals surface area contributed by atoms with Crippen molar-refractivity contribution in [2.75, 3.05) is 0 Å². The summed E-state index contributed by atoms with van der Waals surface area (Å²) >= 11 is 0. The Balaban J connectivity index is 1.48. The summed E-state index contributed by atoms with van der Waals surface area (Å²) in [7, 11) is -3.78. The summed E-state index contributed by atoms with van der Waals surface area (Å²) < 4.78 is 31.2. The summed E-state index contributed by atoms with van der Waals surface area (Å²) in [6, 6.07) is 6.77. The predicted octanol–water partition coefficient (Wildman–Crippen LogP) is 2.29. The molecule has 4 aliphatic rings. The van der Waals surface area contributed by atoms with Gasteiger partial charge < -0.3 is 5.11 Å². The molecule has 0 bridgehead atoms. The molecule has 5 rings (SSSR count). The van der Waals surface area contributed by atoms with Gasteiger partial charge in [-0.15, -0.1) is 0 Å². The number of aliphatic hydroxyl groups excluding tert-OH is 1. The van der Waals surface area contributed by atoms with Crippen molar-refractivity contribution in [1.82, 2.24) is 0 Å². The Kier molecular flexibility index (Phi) is 2.98. The highest BCUT2D eigenvalue weighted by atomic mass is 32.2. The molecule has 24 heavy (non-hydrogen) atoms. The fourth-order valence-electron chi connectivity index (χ4n) is 5.45. The van der Waals surface area contributed by atoms with E-state index in [1.165, 1.54) is 0 Å². The van der Waals surface area contributed by atoms with E-state index in [2.05, 4.69) is 24.3 Å². The normalized spacial score (nSPS) is 39.9. The average Bonchev–Trinajstić information content (AvgIpc) is 3.25. The van der Waals surface area contributed by atoms with Crippen LogP contribution in [0.25, 0.3) is 0 Å². The maximum Gasteiger partial charge on any atom is 0.297 e. The molecule has 2 saturated carbocycles. The maximum absolute atomic E-state index is 12.7. The quantitative estimate of drug-likeness (QED) is 0.675. The minimum Gasteiger partial charge on any atom is -0.392 e. The second kappa shape index (κ2) is 4.81. The fraction of sp³-hybridized carbons (Fsp3) is 0.474. The lowest BCUT2D eigenvalue weighted by Gasteiger charge is -2.23. The monoisotopic (exact) mass is 344 g/mol. The number of hydrogen-bond donors (Lipinski definition) is 1. The minimum atomic E-state index is -3.78. The molecule has 4 aliphatic carbocycles. The molecule has 2 fully saturated rings. The maximum atomic E-state index is 12.7. The van der Waals surface area contributed by atoms with Crippen LogP contribution in [0, 0.1) is 42.4 Å². The summed E-state index contributed by atoms with van der Waals surface area (Å²) in [6.07, 6.45) is 7.57. The molecule has 0 aliphatic heterocycles. The van der Waals surface area contributed by atoms with E-state index in [0.29, 0.717) is 11.8 Å². The molecule has 4 nitrogen and oxygen atoms in total. The van der Waals surface area contributed by atoms with Crippen LogP contribution in [0.15, 0.2) is 53.5 Å². The van der Waals surface area contributed by atoms with Gasteiger partial charge in [0, 0.05) is 23.7 Å². The topological polar surface area (TPSA) is 63.6 Å². The second-order valence-corrected chi connectivity index (χ2v) is 9.12. The van der Waals surface area contributed by atoms with Crippen molar-refractivity contribution in [2.45, 2.75) is 24.0 Å². The van der Waals surface area contributed by atoms with Crippen LogP contribution in [0.5, 0.6) is 0 Å². The SMILES string of the molecule is Cc1ccc(S(=O)(=O)OC2[C@@H]3C=C[C@@H]4C(O)[C@H]5C=C[C@@H]2[C@H]5[C@H]43)cc1. The highest BCUT2D eigenvalue weighted by Gasteiger charge is 2.65. The third kappa shape index (κ3) is 1.83. The first-order valence-corrected chi connectivity index (χ1v) is 9.93. The van der Waals surface area contributed by atoms with Crippen molar-refractivity contribution in [2.24, 2.45) is 35.5 Å². The van der Waals surface area contributed by atoms with Crippen LogP contribution in [0.4, 0.5) is 0 Å². The van der Waals surface area contributed by atoms with Gasteiger partial charge in [0.05, 0.1) is 17.1 Å². The number of hydrogen-bond acceptors (Lipinski definition) is 4. The molecule has 1 N–H and O–H groups in total. The Morgan fingerprint density at radius 3 is 1.92 bits per heavy atom. The Morgan fingerprint density at radius 1 is 0.875 bits per heavy atom. The number of benzene rings is 1. The van der Waals surface area contributed by atoms with Crippen LogP contribution in [0.1, 0.15) is 5.56 Å². The van der Waals surface area contributed by atoms with E-state index in [1.807, 2.05) is 6.92 Å². The van der Waals surface area contributed by atoms with Crippen LogP contribution < -0.4 is 0 Å². The van der Waals surface area contributed by atoms with E-state index in [-0.39, 0.29) is 40.8 Å². The average molecular weight is 344 g/mol. The van der Waals surface area contributed by atoms with Crippen LogP contribution in [-0.4, -0.2) is 25.7 Å². The van der Waals surface area contributed by atoms with Gasteiger partial charge in [-0.05, 0) is 30.9 Å². The van der Waals surface area contributed by atoms with Crippen LogP contribution in [-0.2, 0) is 14.3 Å². The van der Waals surface area contributed by atoms with E-state index < -0.39 is 10.1 Å². The first-order valence-electron chi connectivity index (χ1n) is 8.52. The zero-order valence-electron chi connectivity index (χ0n) is 13.3. The Hall–Kier alpha value is -1.43. The van der Waals surface area contributed by atoms with Crippen molar-refractivity contribution in [3.05, 3.63) is 54.1 Å².